The number of phenolic OH excluding ortho intramolecular Hbond substituents is 1. The third-order valence-electron chi connectivity index (χ3n) is 3.78. The first kappa shape index (κ1) is 18.7. The Morgan fingerprint density at radius 2 is 1.85 bits per heavy atom. The quantitative estimate of drug-likeness (QED) is 0.573. The molecule has 27 heavy (non-hydrogen) atoms. The Morgan fingerprint density at radius 1 is 1.15 bits per heavy atom. The van der Waals surface area contributed by atoms with E-state index in [2.05, 4.69) is 21.2 Å². The highest BCUT2D eigenvalue weighted by Gasteiger charge is 2.36. The molecule has 0 unspecified atom stereocenters. The predicted octanol–water partition coefficient (Wildman–Crippen LogP) is 3.22. The smallest absolute Gasteiger partial charge is 0.335 e. The molecule has 1 aliphatic heterocycles. The van der Waals surface area contributed by atoms with Crippen molar-refractivity contribution < 1.29 is 24.2 Å². The van der Waals surface area contributed by atoms with Gasteiger partial charge in [0, 0.05) is 0 Å². The summed E-state index contributed by atoms with van der Waals surface area (Å²) in [6, 6.07) is 9.79. The molecular weight excluding hydrogens is 416 g/mol. The average molecular weight is 431 g/mol. The molecule has 1 heterocycles. The van der Waals surface area contributed by atoms with E-state index in [0.29, 0.717) is 22.4 Å². The number of carbonyl (C=O) groups is 3. The van der Waals surface area contributed by atoms with Crippen molar-refractivity contribution in [3.63, 3.8) is 0 Å². The number of hydrogen-bond acceptors (Lipinski definition) is 5. The number of barbiturate groups is 1. The van der Waals surface area contributed by atoms with Crippen LogP contribution in [0.4, 0.5) is 10.5 Å². The van der Waals surface area contributed by atoms with Gasteiger partial charge in [0.25, 0.3) is 11.8 Å². The van der Waals surface area contributed by atoms with Gasteiger partial charge in [-0.3, -0.25) is 14.9 Å². The third-order valence-corrected chi connectivity index (χ3v) is 4.40. The summed E-state index contributed by atoms with van der Waals surface area (Å²) in [6.45, 7) is 2.37. The molecule has 1 aliphatic rings. The average Bonchev–Trinajstić information content (AvgIpc) is 2.62. The molecule has 4 amide bonds. The molecule has 7 nitrogen and oxygen atoms in total. The molecule has 0 aliphatic carbocycles. The van der Waals surface area contributed by atoms with Gasteiger partial charge in [0.15, 0.2) is 0 Å². The summed E-state index contributed by atoms with van der Waals surface area (Å²) in [5, 5.41) is 11.5. The van der Waals surface area contributed by atoms with Crippen molar-refractivity contribution in [2.75, 3.05) is 11.5 Å². The van der Waals surface area contributed by atoms with Gasteiger partial charge < -0.3 is 9.84 Å². The van der Waals surface area contributed by atoms with E-state index in [9.17, 15) is 19.5 Å². The Labute approximate surface area is 163 Å². The van der Waals surface area contributed by atoms with Crippen molar-refractivity contribution in [1.29, 1.82) is 0 Å². The summed E-state index contributed by atoms with van der Waals surface area (Å²) in [7, 11) is 0. The summed E-state index contributed by atoms with van der Waals surface area (Å²) < 4.78 is 6.11. The van der Waals surface area contributed by atoms with Crippen LogP contribution in [-0.4, -0.2) is 29.6 Å². The molecule has 8 heteroatoms. The van der Waals surface area contributed by atoms with Crippen LogP contribution in [0.3, 0.4) is 0 Å². The van der Waals surface area contributed by atoms with Crippen LogP contribution < -0.4 is 15.0 Å². The summed E-state index contributed by atoms with van der Waals surface area (Å²) in [6.07, 6.45) is 1.40. The van der Waals surface area contributed by atoms with Crippen LogP contribution in [0, 0.1) is 0 Å². The molecule has 2 aromatic carbocycles. The van der Waals surface area contributed by atoms with E-state index < -0.39 is 17.8 Å². The molecule has 1 saturated heterocycles. The van der Waals surface area contributed by atoms with Crippen LogP contribution in [0.1, 0.15) is 12.5 Å². The highest BCUT2D eigenvalue weighted by molar-refractivity contribution is 9.10. The Morgan fingerprint density at radius 3 is 2.48 bits per heavy atom. The maximum absolute atomic E-state index is 12.8. The minimum atomic E-state index is -0.847. The van der Waals surface area contributed by atoms with Crippen LogP contribution >= 0.6 is 15.9 Å². The van der Waals surface area contributed by atoms with E-state index in [1.807, 2.05) is 6.92 Å². The number of nitrogens with zero attached hydrogens (tertiary/aromatic N) is 1. The van der Waals surface area contributed by atoms with E-state index in [4.69, 9.17) is 4.74 Å². The number of carbonyl (C=O) groups excluding carboxylic acids is 3. The van der Waals surface area contributed by atoms with Gasteiger partial charge in [-0.15, -0.1) is 0 Å². The van der Waals surface area contributed by atoms with Gasteiger partial charge in [-0.25, -0.2) is 9.69 Å². The first-order valence-corrected chi connectivity index (χ1v) is 8.83. The molecule has 0 bridgehead atoms. The van der Waals surface area contributed by atoms with Gasteiger partial charge in [0.05, 0.1) is 16.8 Å². The molecule has 1 fully saturated rings. The second kappa shape index (κ2) is 7.63. The van der Waals surface area contributed by atoms with Gasteiger partial charge >= 0.3 is 6.03 Å². The normalized spacial score (nSPS) is 15.9. The number of urea groups is 1. The zero-order chi connectivity index (χ0) is 19.6. The zero-order valence-corrected chi connectivity index (χ0v) is 15.8. The second-order valence-corrected chi connectivity index (χ2v) is 6.45. The number of rotatable bonds is 4. The first-order chi connectivity index (χ1) is 12.9. The van der Waals surface area contributed by atoms with E-state index in [-0.39, 0.29) is 17.0 Å². The van der Waals surface area contributed by atoms with Crippen molar-refractivity contribution in [1.82, 2.24) is 5.32 Å². The van der Waals surface area contributed by atoms with Gasteiger partial charge in [-0.05, 0) is 70.9 Å². The largest absolute Gasteiger partial charge is 0.508 e. The monoisotopic (exact) mass is 430 g/mol. The highest BCUT2D eigenvalue weighted by Crippen LogP contribution is 2.28. The fraction of sp³-hybridized carbons (Fsp3) is 0.105. The van der Waals surface area contributed by atoms with Crippen LogP contribution in [0.5, 0.6) is 11.5 Å². The SMILES string of the molecule is CCOc1ccc(/C=C2\C(=O)NC(=O)N(c3ccc(O)cc3)C2=O)cc1Br. The van der Waals surface area contributed by atoms with Gasteiger partial charge in [0.1, 0.15) is 17.1 Å². The fourth-order valence-corrected chi connectivity index (χ4v) is 3.05. The number of amides is 4. The molecule has 2 aromatic rings. The molecule has 2 N–H and O–H groups in total. The van der Waals surface area contributed by atoms with Gasteiger partial charge in [-0.1, -0.05) is 6.07 Å². The number of nitrogens with one attached hydrogen (secondary N) is 1. The summed E-state index contributed by atoms with van der Waals surface area (Å²) in [5.41, 5.74) is 0.643. The number of benzene rings is 2. The van der Waals surface area contributed by atoms with Crippen molar-refractivity contribution in [2.45, 2.75) is 6.92 Å². The van der Waals surface area contributed by atoms with E-state index in [0.717, 1.165) is 4.90 Å². The Hall–Kier alpha value is -3.13. The van der Waals surface area contributed by atoms with Crippen molar-refractivity contribution in [2.24, 2.45) is 0 Å². The maximum atomic E-state index is 12.8. The van der Waals surface area contributed by atoms with Crippen LogP contribution in [0.2, 0.25) is 0 Å². The van der Waals surface area contributed by atoms with Crippen molar-refractivity contribution in [3.05, 3.63) is 58.1 Å². The fourth-order valence-electron chi connectivity index (χ4n) is 2.54. The van der Waals surface area contributed by atoms with E-state index in [1.54, 1.807) is 18.2 Å². The highest BCUT2D eigenvalue weighted by atomic mass is 79.9. The topological polar surface area (TPSA) is 95.9 Å². The first-order valence-electron chi connectivity index (χ1n) is 8.03. The second-order valence-electron chi connectivity index (χ2n) is 5.60. The van der Waals surface area contributed by atoms with Crippen LogP contribution in [0.25, 0.3) is 6.08 Å². The number of imide groups is 2. The molecule has 0 radical (unpaired) electrons. The standard InChI is InChI=1S/C19H15BrN2O5/c1-2-27-16-8-3-11(10-15(16)20)9-14-17(24)21-19(26)22(18(14)25)12-4-6-13(23)7-5-12/h3-10,23H,2H2,1H3,(H,21,24,26)/b14-9+. The lowest BCUT2D eigenvalue weighted by Gasteiger charge is -2.26. The number of halogens is 1. The summed E-state index contributed by atoms with van der Waals surface area (Å²) >= 11 is 3.38. The van der Waals surface area contributed by atoms with E-state index >= 15 is 0 Å². The molecule has 3 rings (SSSR count). The lowest BCUT2D eigenvalue weighted by molar-refractivity contribution is -0.122. The number of anilines is 1. The van der Waals surface area contributed by atoms with Crippen LogP contribution in [-0.2, 0) is 9.59 Å². The van der Waals surface area contributed by atoms with E-state index in [1.165, 1.54) is 30.3 Å². The molecule has 0 spiro atoms. The number of aromatic hydroxyl groups is 1. The van der Waals surface area contributed by atoms with Crippen molar-refractivity contribution >= 4 is 45.5 Å². The Bertz CT molecular complexity index is 953. The summed E-state index contributed by atoms with van der Waals surface area (Å²) in [4.78, 5) is 37.9. The predicted molar refractivity (Wildman–Crippen MR) is 102 cm³/mol. The lowest BCUT2D eigenvalue weighted by Crippen LogP contribution is -2.54. The maximum Gasteiger partial charge on any atom is 0.335 e. The number of phenols is 1. The Kier molecular flexibility index (Phi) is 5.27. The lowest BCUT2D eigenvalue weighted by atomic mass is 10.1. The van der Waals surface area contributed by atoms with Gasteiger partial charge in [0.2, 0.25) is 0 Å². The van der Waals surface area contributed by atoms with Crippen molar-refractivity contribution in [3.8, 4) is 11.5 Å². The van der Waals surface area contributed by atoms with Gasteiger partial charge in [-0.2, -0.15) is 0 Å². The number of ether oxygens (including phenoxy) is 1. The molecule has 0 atom stereocenters. The Balaban J connectivity index is 1.96. The molecular formula is C19H15BrN2O5. The number of hydrogen-bond donors (Lipinski definition) is 2. The zero-order valence-electron chi connectivity index (χ0n) is 14.2. The molecule has 138 valence electrons. The molecule has 0 saturated carbocycles. The van der Waals surface area contributed by atoms with Crippen LogP contribution in [0.15, 0.2) is 52.5 Å². The minimum Gasteiger partial charge on any atom is -0.508 e. The summed E-state index contributed by atoms with van der Waals surface area (Å²) in [5.74, 6) is -0.890. The third kappa shape index (κ3) is 3.85. The minimum absolute atomic E-state index is 0.00491. The molecule has 0 aromatic heterocycles.